The van der Waals surface area contributed by atoms with Gasteiger partial charge in [-0.05, 0) is 55.0 Å². The van der Waals surface area contributed by atoms with Gasteiger partial charge in [-0.15, -0.1) is 0 Å². The first-order chi connectivity index (χ1) is 13.9. The molecule has 1 aliphatic rings. The number of carboxylic acids is 1. The number of fused-ring (bicyclic) bond motifs is 1. The lowest BCUT2D eigenvalue weighted by Crippen LogP contribution is -2.39. The van der Waals surface area contributed by atoms with Crippen LogP contribution in [0.25, 0.3) is 5.69 Å². The minimum absolute atomic E-state index is 0.0685. The number of aryl methyl sites for hydroxylation is 1. The summed E-state index contributed by atoms with van der Waals surface area (Å²) in [5.74, 6) is -1.04. The van der Waals surface area contributed by atoms with Gasteiger partial charge in [0, 0.05) is 35.8 Å². The van der Waals surface area contributed by atoms with E-state index in [1.165, 1.54) is 0 Å². The van der Waals surface area contributed by atoms with Crippen molar-refractivity contribution in [2.45, 2.75) is 19.9 Å². The number of anilines is 1. The molecule has 6 nitrogen and oxygen atoms in total. The van der Waals surface area contributed by atoms with Gasteiger partial charge in [0.2, 0.25) is 0 Å². The summed E-state index contributed by atoms with van der Waals surface area (Å²) in [6.07, 6.45) is 0.645. The monoisotopic (exact) mass is 426 g/mol. The second-order valence-corrected chi connectivity index (χ2v) is 7.71. The predicted molar refractivity (Wildman–Crippen MR) is 117 cm³/mol. The van der Waals surface area contributed by atoms with Gasteiger partial charge in [0.15, 0.2) is 10.8 Å². The summed E-state index contributed by atoms with van der Waals surface area (Å²) in [5.41, 5.74) is 4.39. The molecule has 0 aliphatic carbocycles. The number of para-hydroxylation sites is 1. The molecular formula is C21H19ClN4O2S. The van der Waals surface area contributed by atoms with E-state index in [0.29, 0.717) is 35.2 Å². The lowest BCUT2D eigenvalue weighted by atomic mass is 10.1. The Bertz CT molecular complexity index is 1100. The molecule has 0 unspecified atom stereocenters. The maximum absolute atomic E-state index is 11.8. The summed E-state index contributed by atoms with van der Waals surface area (Å²) in [6.45, 7) is 3.02. The van der Waals surface area contributed by atoms with Crippen molar-refractivity contribution in [3.05, 3.63) is 76.1 Å². The number of benzene rings is 2. The average molecular weight is 427 g/mol. The number of halogens is 1. The topological polar surface area (TPSA) is 70.4 Å². The largest absolute Gasteiger partial charge is 0.476 e. The van der Waals surface area contributed by atoms with Crippen LogP contribution >= 0.6 is 23.8 Å². The Labute approximate surface area is 178 Å². The van der Waals surface area contributed by atoms with E-state index in [1.807, 2.05) is 54.3 Å². The summed E-state index contributed by atoms with van der Waals surface area (Å²) in [4.78, 5) is 13.8. The molecule has 148 valence electrons. The van der Waals surface area contributed by atoms with Crippen molar-refractivity contribution in [1.29, 1.82) is 0 Å². The molecule has 0 fully saturated rings. The second kappa shape index (κ2) is 7.85. The Kier molecular flexibility index (Phi) is 5.25. The molecular weight excluding hydrogens is 408 g/mol. The Morgan fingerprint density at radius 1 is 1.24 bits per heavy atom. The maximum Gasteiger partial charge on any atom is 0.356 e. The number of carboxylic acid groups (broad SMARTS) is 1. The number of carbonyl (C=O) groups is 1. The zero-order valence-electron chi connectivity index (χ0n) is 15.7. The lowest BCUT2D eigenvalue weighted by molar-refractivity contribution is 0.0688. The smallest absolute Gasteiger partial charge is 0.356 e. The van der Waals surface area contributed by atoms with Gasteiger partial charge in [-0.1, -0.05) is 29.8 Å². The fraction of sp³-hybridized carbons (Fsp3) is 0.190. The highest BCUT2D eigenvalue weighted by atomic mass is 35.5. The quantitative estimate of drug-likeness (QED) is 0.609. The minimum Gasteiger partial charge on any atom is -0.476 e. The summed E-state index contributed by atoms with van der Waals surface area (Å²) < 4.78 is 1.73. The number of aromatic nitrogens is 2. The highest BCUT2D eigenvalue weighted by Crippen LogP contribution is 2.27. The third-order valence-electron chi connectivity index (χ3n) is 4.98. The zero-order valence-corrected chi connectivity index (χ0v) is 17.3. The van der Waals surface area contributed by atoms with Gasteiger partial charge in [-0.3, -0.25) is 0 Å². The average Bonchev–Trinajstić information content (AvgIpc) is 3.10. The second-order valence-electron chi connectivity index (χ2n) is 6.89. The van der Waals surface area contributed by atoms with Crippen LogP contribution in [-0.2, 0) is 13.0 Å². The van der Waals surface area contributed by atoms with Gasteiger partial charge < -0.3 is 15.3 Å². The van der Waals surface area contributed by atoms with Gasteiger partial charge in [0.1, 0.15) is 0 Å². The van der Waals surface area contributed by atoms with E-state index in [0.717, 1.165) is 22.6 Å². The summed E-state index contributed by atoms with van der Waals surface area (Å²) in [5, 5.41) is 18.5. The van der Waals surface area contributed by atoms with Gasteiger partial charge in [0.05, 0.1) is 11.4 Å². The Hall–Kier alpha value is -2.90. The molecule has 0 bridgehead atoms. The molecule has 8 heteroatoms. The van der Waals surface area contributed by atoms with Crippen LogP contribution in [0, 0.1) is 6.92 Å². The maximum atomic E-state index is 11.8. The number of hydrogen-bond donors (Lipinski definition) is 2. The lowest BCUT2D eigenvalue weighted by Gasteiger charge is -2.30. The molecule has 2 heterocycles. The van der Waals surface area contributed by atoms with Crippen LogP contribution in [-0.4, -0.2) is 37.4 Å². The van der Waals surface area contributed by atoms with E-state index in [1.54, 1.807) is 10.7 Å². The highest BCUT2D eigenvalue weighted by Gasteiger charge is 2.29. The Morgan fingerprint density at radius 2 is 2.00 bits per heavy atom. The van der Waals surface area contributed by atoms with Crippen LogP contribution in [0.1, 0.15) is 27.3 Å². The summed E-state index contributed by atoms with van der Waals surface area (Å²) in [6, 6.07) is 15.1. The van der Waals surface area contributed by atoms with Crippen molar-refractivity contribution < 1.29 is 9.90 Å². The van der Waals surface area contributed by atoms with Gasteiger partial charge >= 0.3 is 5.97 Å². The van der Waals surface area contributed by atoms with Gasteiger partial charge in [-0.2, -0.15) is 5.10 Å². The van der Waals surface area contributed by atoms with Crippen LogP contribution in [0.3, 0.4) is 0 Å². The van der Waals surface area contributed by atoms with Crippen molar-refractivity contribution in [2.24, 2.45) is 0 Å². The van der Waals surface area contributed by atoms with Crippen LogP contribution in [0.5, 0.6) is 0 Å². The first-order valence-corrected chi connectivity index (χ1v) is 9.94. The van der Waals surface area contributed by atoms with E-state index >= 15 is 0 Å². The first kappa shape index (κ1) is 19.4. The van der Waals surface area contributed by atoms with Gasteiger partial charge in [-0.25, -0.2) is 9.48 Å². The predicted octanol–water partition coefficient (Wildman–Crippen LogP) is 4.29. The Balaban J connectivity index is 1.61. The van der Waals surface area contributed by atoms with E-state index < -0.39 is 5.97 Å². The standard InChI is InChI=1S/C21H19ClN4O2S/c1-13-11-14(22)7-8-17(13)23-21(29)25-10-9-18-16(12-25)19(20(27)28)24-26(18)15-5-3-2-4-6-15/h2-8,11H,9-10,12H2,1H3,(H,23,29)(H,27,28). The van der Waals surface area contributed by atoms with Crippen LogP contribution < -0.4 is 5.32 Å². The molecule has 1 aromatic heterocycles. The molecule has 4 rings (SSSR count). The van der Waals surface area contributed by atoms with Crippen molar-refractivity contribution in [3.8, 4) is 5.69 Å². The number of aromatic carboxylic acids is 1. The van der Waals surface area contributed by atoms with E-state index in [2.05, 4.69) is 10.4 Å². The van der Waals surface area contributed by atoms with Crippen LogP contribution in [0.4, 0.5) is 5.69 Å². The van der Waals surface area contributed by atoms with Crippen molar-refractivity contribution in [1.82, 2.24) is 14.7 Å². The number of nitrogens with zero attached hydrogens (tertiary/aromatic N) is 3. The molecule has 0 amide bonds. The number of rotatable bonds is 3. The SMILES string of the molecule is Cc1cc(Cl)ccc1NC(=S)N1CCc2c(c(C(=O)O)nn2-c2ccccc2)C1. The molecule has 0 radical (unpaired) electrons. The molecule has 2 N–H and O–H groups in total. The molecule has 1 aliphatic heterocycles. The molecule has 2 aromatic carbocycles. The van der Waals surface area contributed by atoms with E-state index in [-0.39, 0.29) is 5.69 Å². The van der Waals surface area contributed by atoms with E-state index in [4.69, 9.17) is 23.8 Å². The zero-order chi connectivity index (χ0) is 20.5. The molecule has 0 saturated carbocycles. The van der Waals surface area contributed by atoms with Crippen LogP contribution in [0.2, 0.25) is 5.02 Å². The Morgan fingerprint density at radius 3 is 2.69 bits per heavy atom. The van der Waals surface area contributed by atoms with Crippen molar-refractivity contribution in [3.63, 3.8) is 0 Å². The van der Waals surface area contributed by atoms with Crippen molar-refractivity contribution >= 4 is 40.6 Å². The molecule has 0 atom stereocenters. The first-order valence-electron chi connectivity index (χ1n) is 9.15. The summed E-state index contributed by atoms with van der Waals surface area (Å²) >= 11 is 11.6. The normalized spacial score (nSPS) is 13.1. The van der Waals surface area contributed by atoms with Gasteiger partial charge in [0.25, 0.3) is 0 Å². The number of hydrogen-bond acceptors (Lipinski definition) is 3. The highest BCUT2D eigenvalue weighted by molar-refractivity contribution is 7.80. The molecule has 29 heavy (non-hydrogen) atoms. The molecule has 3 aromatic rings. The van der Waals surface area contributed by atoms with Crippen LogP contribution in [0.15, 0.2) is 48.5 Å². The fourth-order valence-corrected chi connectivity index (χ4v) is 4.00. The summed E-state index contributed by atoms with van der Waals surface area (Å²) in [7, 11) is 0. The fourth-order valence-electron chi connectivity index (χ4n) is 3.51. The van der Waals surface area contributed by atoms with Crippen molar-refractivity contribution in [2.75, 3.05) is 11.9 Å². The van der Waals surface area contributed by atoms with E-state index in [9.17, 15) is 9.90 Å². The third-order valence-corrected chi connectivity index (χ3v) is 5.57. The third kappa shape index (κ3) is 3.83. The number of nitrogens with one attached hydrogen (secondary N) is 1. The molecule has 0 spiro atoms. The molecule has 0 saturated heterocycles. The number of thiocarbonyl (C=S) groups is 1. The minimum atomic E-state index is -1.04.